The Morgan fingerprint density at radius 2 is 0.806 bits per heavy atom. The lowest BCUT2D eigenvalue weighted by atomic mass is 9.65. The Morgan fingerprint density at radius 3 is 1.38 bits per heavy atom. The molecule has 2 unspecified atom stereocenters. The second-order valence-electron chi connectivity index (χ2n) is 23.4. The molecule has 0 amide bonds. The minimum Gasteiger partial charge on any atom is -0.457 e. The van der Waals surface area contributed by atoms with E-state index in [4.69, 9.17) is 9.47 Å². The number of nitrogens with zero attached hydrogens (tertiary/aromatic N) is 1. The summed E-state index contributed by atoms with van der Waals surface area (Å²) in [5, 5.41) is 0. The van der Waals surface area contributed by atoms with E-state index in [9.17, 15) is 0 Å². The molecule has 9 heteroatoms. The van der Waals surface area contributed by atoms with Crippen molar-refractivity contribution in [3.8, 4) is 56.4 Å². The van der Waals surface area contributed by atoms with E-state index >= 15 is 26.3 Å². The smallest absolute Gasteiger partial charge is 0.166 e. The van der Waals surface area contributed by atoms with E-state index in [2.05, 4.69) is 43.5 Å². The number of allylic oxidation sites excluding steroid dienone is 4. The number of anilines is 3. The van der Waals surface area contributed by atoms with Crippen molar-refractivity contribution in [1.82, 2.24) is 0 Å². The normalized spacial score (nSPS) is 15.8. The fourth-order valence-electron chi connectivity index (χ4n) is 14.3. The third kappa shape index (κ3) is 9.61. The van der Waals surface area contributed by atoms with Crippen LogP contribution < -0.4 is 14.4 Å². The number of hydrogen-bond donors (Lipinski definition) is 0. The molecular weight excluding hydrogens is 1170 g/mol. The van der Waals surface area contributed by atoms with Crippen molar-refractivity contribution < 1.29 is 35.8 Å². The van der Waals surface area contributed by atoms with Gasteiger partial charge in [0.25, 0.3) is 0 Å². The van der Waals surface area contributed by atoms with E-state index in [1.807, 2.05) is 169 Å². The molecule has 0 saturated carbocycles. The van der Waals surface area contributed by atoms with Crippen molar-refractivity contribution >= 4 is 34.8 Å². The summed E-state index contributed by atoms with van der Waals surface area (Å²) in [4.78, 5) is 2.01. The second kappa shape index (κ2) is 23.4. The van der Waals surface area contributed by atoms with Crippen LogP contribution >= 0.6 is 0 Å². The van der Waals surface area contributed by atoms with E-state index in [0.717, 1.165) is 68.8 Å². The Bertz CT molecular complexity index is 5020. The third-order valence-electron chi connectivity index (χ3n) is 18.4. The van der Waals surface area contributed by atoms with Crippen LogP contribution in [0.15, 0.2) is 292 Å². The van der Waals surface area contributed by atoms with Gasteiger partial charge in [-0.15, -0.1) is 0 Å². The van der Waals surface area contributed by atoms with E-state index in [1.165, 1.54) is 0 Å². The Hall–Kier alpha value is -11.4. The largest absolute Gasteiger partial charge is 0.457 e. The van der Waals surface area contributed by atoms with Gasteiger partial charge >= 0.3 is 0 Å². The number of ether oxygens (including phenoxy) is 2. The van der Waals surface area contributed by atoms with Crippen LogP contribution in [0.5, 0.6) is 23.0 Å². The van der Waals surface area contributed by atoms with Gasteiger partial charge in [-0.25, -0.2) is 26.3 Å². The topological polar surface area (TPSA) is 21.7 Å². The Labute approximate surface area is 535 Å². The van der Waals surface area contributed by atoms with Gasteiger partial charge in [0, 0.05) is 28.2 Å². The second-order valence-corrected chi connectivity index (χ2v) is 23.4. The first kappa shape index (κ1) is 58.0. The summed E-state index contributed by atoms with van der Waals surface area (Å²) < 4.78 is 115. The van der Waals surface area contributed by atoms with Crippen molar-refractivity contribution in [3.05, 3.63) is 382 Å². The zero-order chi connectivity index (χ0) is 63.5. The maximum absolute atomic E-state index is 17.5. The summed E-state index contributed by atoms with van der Waals surface area (Å²) in [5.41, 5.74) is 8.35. The first-order valence-electron chi connectivity index (χ1n) is 30.6. The highest BCUT2D eigenvalue weighted by Crippen LogP contribution is 2.62. The van der Waals surface area contributed by atoms with Gasteiger partial charge in [0.05, 0.1) is 10.8 Å². The molecule has 0 spiro atoms. The standard InChI is InChI=1S/C84H55F6NO2/c1-3-52-25-35-61(36-26-52)92-63-39-29-56(30-40-63)83(79-75(85)45-47-77(87)81(79)89)71-23-12-10-21-67(71)69-43-33-59(50-73(69)83)91(58-18-14-17-55(49-58)66-20-9-8-19-65(66)54-15-6-5-7-16-54)60-34-44-70-68-22-11-13-24-72(68)84(74(70)51-60,80-76(86)46-48-78(88)82(80)90)57-31-41-64(42-32-57)93-62-37-27-53(4-2)28-38-62/h3-10,12-21,23-51H,1-2,11,22H2. The van der Waals surface area contributed by atoms with Crippen molar-refractivity contribution in [1.29, 1.82) is 0 Å². The van der Waals surface area contributed by atoms with Crippen LogP contribution in [0.25, 0.3) is 51.1 Å². The molecule has 3 nitrogen and oxygen atoms in total. The van der Waals surface area contributed by atoms with Crippen molar-refractivity contribution in [2.75, 3.05) is 4.90 Å². The van der Waals surface area contributed by atoms with Gasteiger partial charge in [-0.3, -0.25) is 0 Å². The average Bonchev–Trinajstić information content (AvgIpc) is 1.56. The first-order valence-corrected chi connectivity index (χ1v) is 30.6. The highest BCUT2D eigenvalue weighted by atomic mass is 19.2. The summed E-state index contributed by atoms with van der Waals surface area (Å²) in [6.45, 7) is 7.72. The van der Waals surface area contributed by atoms with Gasteiger partial charge in [0.2, 0.25) is 0 Å². The highest BCUT2D eigenvalue weighted by Gasteiger charge is 2.52. The van der Waals surface area contributed by atoms with Crippen LogP contribution in [0.1, 0.15) is 68.5 Å². The SMILES string of the molecule is C=Cc1ccc(Oc2ccc(C3(c4c(F)ccc(F)c4F)C4=C(CCC=C4)c4ccc(N(c5cccc(-c6ccccc6-c6ccccc6)c5)c5ccc6c(c5)C(c5ccc(Oc7ccc(C=C)cc7)cc5)(c5c(F)ccc(F)c5F)c5ccccc5-6)cc43)cc2)cc1. The Kier molecular flexibility index (Phi) is 14.6. The summed E-state index contributed by atoms with van der Waals surface area (Å²) >= 11 is 0. The van der Waals surface area contributed by atoms with Gasteiger partial charge in [0.15, 0.2) is 23.3 Å². The molecule has 0 N–H and O–H groups in total. The van der Waals surface area contributed by atoms with Crippen molar-refractivity contribution in [3.63, 3.8) is 0 Å². The molecule has 0 fully saturated rings. The molecule has 450 valence electrons. The van der Waals surface area contributed by atoms with Crippen LogP contribution in [0.4, 0.5) is 43.4 Å². The monoisotopic (exact) mass is 1220 g/mol. The van der Waals surface area contributed by atoms with Gasteiger partial charge < -0.3 is 14.4 Å². The fourth-order valence-corrected chi connectivity index (χ4v) is 14.3. The predicted octanol–water partition coefficient (Wildman–Crippen LogP) is 23.0. The minimum atomic E-state index is -1.84. The first-order chi connectivity index (χ1) is 45.5. The number of benzene rings is 12. The van der Waals surface area contributed by atoms with Crippen molar-refractivity contribution in [2.45, 2.75) is 23.7 Å². The van der Waals surface area contributed by atoms with Gasteiger partial charge in [-0.1, -0.05) is 189 Å². The van der Waals surface area contributed by atoms with Gasteiger partial charge in [0.1, 0.15) is 34.6 Å². The molecule has 15 rings (SSSR count). The quantitative estimate of drug-likeness (QED) is 0.0754. The van der Waals surface area contributed by atoms with E-state index in [-0.39, 0.29) is 0 Å². The summed E-state index contributed by atoms with van der Waals surface area (Å²) in [7, 11) is 0. The fraction of sp³-hybridized carbons (Fsp3) is 0.0476. The van der Waals surface area contributed by atoms with E-state index < -0.39 is 56.9 Å². The molecular formula is C84H55F6NO2. The lowest BCUT2D eigenvalue weighted by molar-refractivity contribution is 0.463. The lowest BCUT2D eigenvalue weighted by Gasteiger charge is -2.37. The average molecular weight is 1220 g/mol. The molecule has 12 aromatic carbocycles. The number of fused-ring (bicyclic) bond motifs is 5. The van der Waals surface area contributed by atoms with Gasteiger partial charge in [-0.05, 0) is 211 Å². The molecule has 0 heterocycles. The van der Waals surface area contributed by atoms with E-state index in [1.54, 1.807) is 66.7 Å². The molecule has 12 aromatic rings. The van der Waals surface area contributed by atoms with Gasteiger partial charge in [-0.2, -0.15) is 0 Å². The minimum absolute atomic E-state index is 0.419. The Balaban J connectivity index is 0.980. The molecule has 0 radical (unpaired) electrons. The molecule has 0 bridgehead atoms. The number of rotatable bonds is 15. The lowest BCUT2D eigenvalue weighted by Crippen LogP contribution is -2.33. The van der Waals surface area contributed by atoms with E-state index in [0.29, 0.717) is 97.4 Å². The maximum atomic E-state index is 17.5. The Morgan fingerprint density at radius 1 is 0.366 bits per heavy atom. The summed E-state index contributed by atoms with van der Waals surface area (Å²) in [6, 6.07) is 77.5. The molecule has 0 aromatic heterocycles. The molecule has 3 aliphatic carbocycles. The highest BCUT2D eigenvalue weighted by molar-refractivity contribution is 5.94. The van der Waals surface area contributed by atoms with Crippen LogP contribution in [0, 0.1) is 34.9 Å². The third-order valence-corrected chi connectivity index (χ3v) is 18.4. The summed E-state index contributed by atoms with van der Waals surface area (Å²) in [5.74, 6) is -5.06. The predicted molar refractivity (Wildman–Crippen MR) is 360 cm³/mol. The number of halogens is 6. The van der Waals surface area contributed by atoms with Crippen LogP contribution in [0.3, 0.4) is 0 Å². The maximum Gasteiger partial charge on any atom is 0.166 e. The molecule has 0 aliphatic heterocycles. The van der Waals surface area contributed by atoms with Crippen LogP contribution in [0.2, 0.25) is 0 Å². The van der Waals surface area contributed by atoms with Crippen LogP contribution in [-0.2, 0) is 10.8 Å². The number of hydrogen-bond acceptors (Lipinski definition) is 3. The zero-order valence-electron chi connectivity index (χ0n) is 50.0. The molecule has 3 aliphatic rings. The van der Waals surface area contributed by atoms with Crippen molar-refractivity contribution in [2.24, 2.45) is 0 Å². The molecule has 93 heavy (non-hydrogen) atoms. The molecule has 0 saturated heterocycles. The zero-order valence-corrected chi connectivity index (χ0v) is 50.0. The molecule has 2 atom stereocenters. The van der Waals surface area contributed by atoms with Crippen LogP contribution in [-0.4, -0.2) is 0 Å². The summed E-state index contributed by atoms with van der Waals surface area (Å²) in [6.07, 6.45) is 8.50.